The average molecular weight is 522 g/mol. The van der Waals surface area contributed by atoms with E-state index in [1.54, 1.807) is 6.92 Å². The summed E-state index contributed by atoms with van der Waals surface area (Å²) in [4.78, 5) is 25.1. The molecule has 0 saturated heterocycles. The SMILES string of the molecule is CC[C@H](NC(=O)[C@H](CC(F)(F)CC1CC1)NCC(F)(F)Oc1ccc(F)cc1)C(O)C(=O)NC1CC1. The molecule has 7 nitrogen and oxygen atoms in total. The number of halogens is 5. The molecule has 1 aromatic rings. The first-order chi connectivity index (χ1) is 16.9. The van der Waals surface area contributed by atoms with Gasteiger partial charge in [0, 0.05) is 18.9 Å². The third kappa shape index (κ3) is 9.20. The Hall–Kier alpha value is -2.47. The highest BCUT2D eigenvalue weighted by atomic mass is 19.3. The third-order valence-electron chi connectivity index (χ3n) is 6.08. The number of hydrogen-bond donors (Lipinski definition) is 4. The van der Waals surface area contributed by atoms with Crippen molar-refractivity contribution in [2.75, 3.05) is 6.54 Å². The minimum absolute atomic E-state index is 0.0424. The van der Waals surface area contributed by atoms with Crippen LogP contribution in [0.5, 0.6) is 5.75 Å². The lowest BCUT2D eigenvalue weighted by Gasteiger charge is -2.29. The van der Waals surface area contributed by atoms with Crippen molar-refractivity contribution in [2.45, 2.75) is 88.1 Å². The van der Waals surface area contributed by atoms with Gasteiger partial charge in [-0.3, -0.25) is 14.9 Å². The van der Waals surface area contributed by atoms with Crippen molar-refractivity contribution in [3.05, 3.63) is 30.1 Å². The van der Waals surface area contributed by atoms with E-state index in [1.165, 1.54) is 0 Å². The van der Waals surface area contributed by atoms with Gasteiger partial charge in [0.1, 0.15) is 18.1 Å². The van der Waals surface area contributed by atoms with E-state index in [0.717, 1.165) is 37.1 Å². The Morgan fingerprint density at radius 2 is 1.72 bits per heavy atom. The molecular formula is C24H32F5N3O4. The lowest BCUT2D eigenvalue weighted by molar-refractivity contribution is -0.174. The van der Waals surface area contributed by atoms with Crippen LogP contribution in [0, 0.1) is 11.7 Å². The number of aliphatic hydroxyl groups excluding tert-OH is 1. The van der Waals surface area contributed by atoms with Crippen LogP contribution in [0.15, 0.2) is 24.3 Å². The van der Waals surface area contributed by atoms with Gasteiger partial charge in [0.15, 0.2) is 6.10 Å². The fourth-order valence-electron chi connectivity index (χ4n) is 3.72. The summed E-state index contributed by atoms with van der Waals surface area (Å²) >= 11 is 0. The number of carbonyl (C=O) groups excluding carboxylic acids is 2. The standard InChI is InChI=1S/C24H32F5N3O4/c1-2-18(20(33)22(35)31-16-7-8-16)32-21(34)19(12-23(26,27)11-14-3-4-14)30-13-24(28,29)36-17-9-5-15(25)6-10-17/h5-6,9-10,14,16,18-20,30,33H,2-4,7-8,11-13H2,1H3,(H,31,35)(H,32,34)/t18-,19-,20?/m0/s1. The minimum atomic E-state index is -3.91. The van der Waals surface area contributed by atoms with Crippen LogP contribution in [0.1, 0.15) is 51.9 Å². The summed E-state index contributed by atoms with van der Waals surface area (Å²) < 4.78 is 75.5. The van der Waals surface area contributed by atoms with Crippen molar-refractivity contribution in [2.24, 2.45) is 5.92 Å². The van der Waals surface area contributed by atoms with Crippen molar-refractivity contribution in [3.63, 3.8) is 0 Å². The second-order valence-electron chi connectivity index (χ2n) is 9.59. The molecule has 2 aliphatic rings. The Morgan fingerprint density at radius 3 is 2.28 bits per heavy atom. The molecule has 2 fully saturated rings. The lowest BCUT2D eigenvalue weighted by Crippen LogP contribution is -2.57. The van der Waals surface area contributed by atoms with E-state index in [1.807, 2.05) is 0 Å². The molecule has 0 bridgehead atoms. The zero-order chi connectivity index (χ0) is 26.5. The zero-order valence-corrected chi connectivity index (χ0v) is 19.9. The van der Waals surface area contributed by atoms with Crippen LogP contribution >= 0.6 is 0 Å². The van der Waals surface area contributed by atoms with E-state index >= 15 is 0 Å². The van der Waals surface area contributed by atoms with E-state index in [-0.39, 0.29) is 24.1 Å². The molecule has 12 heteroatoms. The number of benzene rings is 1. The molecule has 2 amide bonds. The van der Waals surface area contributed by atoms with Crippen LogP contribution in [0.2, 0.25) is 0 Å². The molecule has 0 heterocycles. The van der Waals surface area contributed by atoms with Crippen molar-refractivity contribution in [3.8, 4) is 5.75 Å². The molecule has 0 spiro atoms. The summed E-state index contributed by atoms with van der Waals surface area (Å²) in [7, 11) is 0. The van der Waals surface area contributed by atoms with Crippen LogP contribution < -0.4 is 20.7 Å². The number of carbonyl (C=O) groups is 2. The van der Waals surface area contributed by atoms with Gasteiger partial charge in [-0.1, -0.05) is 6.92 Å². The fraction of sp³-hybridized carbons (Fsp3) is 0.667. The topological polar surface area (TPSA) is 99.7 Å². The van der Waals surface area contributed by atoms with Crippen molar-refractivity contribution in [1.29, 1.82) is 0 Å². The molecule has 3 atom stereocenters. The van der Waals surface area contributed by atoms with Gasteiger partial charge in [-0.2, -0.15) is 8.78 Å². The normalized spacial score (nSPS) is 18.8. The third-order valence-corrected chi connectivity index (χ3v) is 6.08. The highest BCUT2D eigenvalue weighted by molar-refractivity contribution is 5.85. The summed E-state index contributed by atoms with van der Waals surface area (Å²) in [6, 6.07) is 0.905. The number of alkyl halides is 4. The van der Waals surface area contributed by atoms with Gasteiger partial charge >= 0.3 is 6.11 Å². The maximum atomic E-state index is 14.6. The molecule has 2 saturated carbocycles. The first kappa shape index (κ1) is 28.1. The summed E-state index contributed by atoms with van der Waals surface area (Å²) in [6.07, 6.45) is -4.12. The van der Waals surface area contributed by atoms with Crippen molar-refractivity contribution >= 4 is 11.8 Å². The summed E-state index contributed by atoms with van der Waals surface area (Å²) in [5.41, 5.74) is 0. The molecule has 0 aliphatic heterocycles. The molecule has 36 heavy (non-hydrogen) atoms. The maximum absolute atomic E-state index is 14.6. The fourth-order valence-corrected chi connectivity index (χ4v) is 3.72. The molecular weight excluding hydrogens is 489 g/mol. The van der Waals surface area contributed by atoms with Gasteiger partial charge in [0.05, 0.1) is 12.1 Å². The number of rotatable bonds is 15. The smallest absolute Gasteiger partial charge is 0.410 e. The zero-order valence-electron chi connectivity index (χ0n) is 19.9. The number of amides is 2. The molecule has 202 valence electrons. The van der Waals surface area contributed by atoms with Crippen LogP contribution in [0.25, 0.3) is 0 Å². The molecule has 0 radical (unpaired) electrons. The summed E-state index contributed by atoms with van der Waals surface area (Å²) in [6.45, 7) is 0.289. The number of ether oxygens (including phenoxy) is 1. The maximum Gasteiger partial charge on any atom is 0.410 e. The van der Waals surface area contributed by atoms with Gasteiger partial charge in [0.25, 0.3) is 5.91 Å². The van der Waals surface area contributed by atoms with Crippen LogP contribution in [0.3, 0.4) is 0 Å². The molecule has 0 aromatic heterocycles. The van der Waals surface area contributed by atoms with Gasteiger partial charge in [-0.15, -0.1) is 0 Å². The lowest BCUT2D eigenvalue weighted by atomic mass is 10.0. The predicted octanol–water partition coefficient (Wildman–Crippen LogP) is 3.12. The predicted molar refractivity (Wildman–Crippen MR) is 120 cm³/mol. The summed E-state index contributed by atoms with van der Waals surface area (Å²) in [5.74, 6) is -6.23. The molecule has 3 rings (SSSR count). The Balaban J connectivity index is 1.65. The molecule has 1 unspecified atom stereocenters. The monoisotopic (exact) mass is 521 g/mol. The van der Waals surface area contributed by atoms with Crippen LogP contribution in [-0.4, -0.2) is 59.7 Å². The molecule has 1 aromatic carbocycles. The summed E-state index contributed by atoms with van der Waals surface area (Å²) in [5, 5.41) is 17.4. The van der Waals surface area contributed by atoms with E-state index in [2.05, 4.69) is 20.7 Å². The Kier molecular flexibility index (Phi) is 9.15. The van der Waals surface area contributed by atoms with Gasteiger partial charge < -0.3 is 20.5 Å². The van der Waals surface area contributed by atoms with Gasteiger partial charge in [0.2, 0.25) is 11.8 Å². The Bertz CT molecular complexity index is 894. The van der Waals surface area contributed by atoms with E-state index in [4.69, 9.17) is 0 Å². The number of nitrogens with one attached hydrogen (secondary N) is 3. The second kappa shape index (κ2) is 11.7. The van der Waals surface area contributed by atoms with Gasteiger partial charge in [-0.05, 0) is 62.3 Å². The van der Waals surface area contributed by atoms with Crippen LogP contribution in [0.4, 0.5) is 22.0 Å². The van der Waals surface area contributed by atoms with Crippen molar-refractivity contribution in [1.82, 2.24) is 16.0 Å². The highest BCUT2D eigenvalue weighted by Gasteiger charge is 2.43. The quantitative estimate of drug-likeness (QED) is 0.266. The average Bonchev–Trinajstić information content (AvgIpc) is 3.73. The highest BCUT2D eigenvalue weighted by Crippen LogP contribution is 2.41. The largest absolute Gasteiger partial charge is 0.432 e. The van der Waals surface area contributed by atoms with Crippen molar-refractivity contribution < 1.29 is 41.4 Å². The molecule has 2 aliphatic carbocycles. The second-order valence-corrected chi connectivity index (χ2v) is 9.59. The minimum Gasteiger partial charge on any atom is -0.432 e. The Labute approximate surface area is 206 Å². The van der Waals surface area contributed by atoms with E-state index in [9.17, 15) is 36.6 Å². The van der Waals surface area contributed by atoms with Crippen LogP contribution in [-0.2, 0) is 9.59 Å². The van der Waals surface area contributed by atoms with E-state index < -0.39 is 67.2 Å². The number of hydrogen-bond acceptors (Lipinski definition) is 5. The van der Waals surface area contributed by atoms with Gasteiger partial charge in [-0.25, -0.2) is 13.2 Å². The first-order valence-electron chi connectivity index (χ1n) is 12.1. The Morgan fingerprint density at radius 1 is 1.08 bits per heavy atom. The van der Waals surface area contributed by atoms with E-state index in [0.29, 0.717) is 12.8 Å². The number of aliphatic hydroxyl groups is 1. The first-order valence-corrected chi connectivity index (χ1v) is 12.1. The molecule has 4 N–H and O–H groups in total.